The summed E-state index contributed by atoms with van der Waals surface area (Å²) in [6.45, 7) is -1.16. The fourth-order valence-corrected chi connectivity index (χ4v) is 1.77. The fraction of sp³-hybridized carbons (Fsp3) is 1.00. The second-order valence-electron chi connectivity index (χ2n) is 4.39. The molecular formula is C8H6AlF12LiO2. The average Bonchev–Trinajstić information content (AvgIpc) is 2.22. The third-order valence-corrected chi connectivity index (χ3v) is 3.87. The van der Waals surface area contributed by atoms with Gasteiger partial charge in [-0.05, 0) is 13.8 Å². The van der Waals surface area contributed by atoms with Gasteiger partial charge in [-0.1, -0.05) is 0 Å². The Labute approximate surface area is 145 Å². The summed E-state index contributed by atoms with van der Waals surface area (Å²) >= 11 is -3.42. The van der Waals surface area contributed by atoms with Gasteiger partial charge in [0.05, 0.1) is 0 Å². The molecule has 0 spiro atoms. The second-order valence-corrected chi connectivity index (χ2v) is 5.05. The summed E-state index contributed by atoms with van der Waals surface area (Å²) in [6.07, 6.45) is -24.6. The van der Waals surface area contributed by atoms with Gasteiger partial charge in [0.15, 0.2) is 0 Å². The van der Waals surface area contributed by atoms with Gasteiger partial charge in [-0.15, -0.1) is 0 Å². The Kier molecular flexibility index (Phi) is 8.20. The van der Waals surface area contributed by atoms with E-state index in [1.807, 2.05) is 0 Å². The van der Waals surface area contributed by atoms with E-state index in [0.29, 0.717) is 0 Å². The molecule has 0 aliphatic rings. The van der Waals surface area contributed by atoms with Crippen LogP contribution in [0.1, 0.15) is 13.8 Å². The summed E-state index contributed by atoms with van der Waals surface area (Å²) < 4.78 is 155. The van der Waals surface area contributed by atoms with Crippen molar-refractivity contribution in [3.8, 4) is 0 Å². The predicted molar refractivity (Wildman–Crippen MR) is 54.7 cm³/mol. The molecular weight excluding hydrogens is 390 g/mol. The fourth-order valence-electron chi connectivity index (χ4n) is 0.805. The van der Waals surface area contributed by atoms with Crippen LogP contribution < -0.4 is 0 Å². The molecule has 0 aromatic rings. The van der Waals surface area contributed by atoms with E-state index in [2.05, 4.69) is 7.58 Å². The van der Waals surface area contributed by atoms with Crippen molar-refractivity contribution in [1.29, 1.82) is 0 Å². The molecule has 0 aromatic carbocycles. The van der Waals surface area contributed by atoms with Gasteiger partial charge >= 0.3 is 40.6 Å². The zero-order valence-corrected chi connectivity index (χ0v) is 13.1. The number of hydrogen-bond acceptors (Lipinski definition) is 2. The zero-order valence-electron chi connectivity index (χ0n) is 11.9. The van der Waals surface area contributed by atoms with Crippen LogP contribution in [0, 0.1) is 0 Å². The van der Waals surface area contributed by atoms with Crippen LogP contribution in [0.4, 0.5) is 52.7 Å². The van der Waals surface area contributed by atoms with Gasteiger partial charge in [0.1, 0.15) is 0 Å². The van der Waals surface area contributed by atoms with E-state index in [9.17, 15) is 52.7 Å². The van der Waals surface area contributed by atoms with Crippen molar-refractivity contribution in [2.75, 3.05) is 0 Å². The van der Waals surface area contributed by atoms with Crippen molar-refractivity contribution >= 4 is 34.7 Å². The first-order valence-corrected chi connectivity index (χ1v) is 6.09. The van der Waals surface area contributed by atoms with Crippen molar-refractivity contribution in [3.05, 3.63) is 0 Å². The largest absolute Gasteiger partial charge is 0.669 e. The van der Waals surface area contributed by atoms with E-state index in [4.69, 9.17) is 0 Å². The predicted octanol–water partition coefficient (Wildman–Crippen LogP) is 3.94. The van der Waals surface area contributed by atoms with Crippen LogP contribution in [0.15, 0.2) is 0 Å². The molecule has 0 bridgehead atoms. The van der Waals surface area contributed by atoms with Crippen LogP contribution >= 0.6 is 0 Å². The third-order valence-electron chi connectivity index (χ3n) is 2.73. The molecule has 138 valence electrons. The number of alkyl halides is 12. The van der Waals surface area contributed by atoms with Gasteiger partial charge in [0, 0.05) is 18.9 Å². The van der Waals surface area contributed by atoms with Crippen LogP contribution in [-0.4, -0.2) is 70.7 Å². The quantitative estimate of drug-likeness (QED) is 0.530. The summed E-state index contributed by atoms with van der Waals surface area (Å²) in [7, 11) is 0. The minimum atomic E-state index is -6.14. The van der Waals surface area contributed by atoms with E-state index < -0.39 is 65.6 Å². The van der Waals surface area contributed by atoms with Crippen molar-refractivity contribution in [2.24, 2.45) is 0 Å². The first kappa shape index (κ1) is 26.4. The number of halogens is 12. The van der Waals surface area contributed by atoms with Gasteiger partial charge < -0.3 is 7.58 Å². The van der Waals surface area contributed by atoms with E-state index in [1.54, 1.807) is 0 Å². The molecule has 0 rings (SSSR count). The van der Waals surface area contributed by atoms with Crippen molar-refractivity contribution in [2.45, 2.75) is 49.8 Å². The first-order valence-electron chi connectivity index (χ1n) is 5.15. The standard InChI is InChI=1S/2C4H3F6O.Al.Li/c2*1-2(11,3(5,6)7)4(8,9)10;;/h2*1H3;;/q2*-1;+2;. The minimum absolute atomic E-state index is 0. The summed E-state index contributed by atoms with van der Waals surface area (Å²) in [5.41, 5.74) is -9.96. The molecule has 0 N–H and O–H groups in total. The Morgan fingerprint density at radius 2 is 0.667 bits per heavy atom. The van der Waals surface area contributed by atoms with Gasteiger partial charge in [0.25, 0.3) is 0 Å². The maximum absolute atomic E-state index is 12.4. The van der Waals surface area contributed by atoms with Gasteiger partial charge in [-0.2, -0.15) is 52.7 Å². The molecule has 16 heteroatoms. The Bertz CT molecular complexity index is 345. The van der Waals surface area contributed by atoms with Crippen LogP contribution in [0.25, 0.3) is 0 Å². The first-order chi connectivity index (χ1) is 9.71. The molecule has 0 aromatic heterocycles. The normalized spacial score (nSPS) is 15.1. The summed E-state index contributed by atoms with van der Waals surface area (Å²) in [5, 5.41) is 0. The molecule has 2 radical (unpaired) electrons. The molecule has 0 atom stereocenters. The molecule has 24 heavy (non-hydrogen) atoms. The Balaban J connectivity index is 0. The number of hydrogen-bond donors (Lipinski definition) is 0. The molecule has 0 unspecified atom stereocenters. The van der Waals surface area contributed by atoms with Crippen LogP contribution in [0.5, 0.6) is 0 Å². The zero-order chi connectivity index (χ0) is 19.1. The third kappa shape index (κ3) is 5.11. The maximum atomic E-state index is 12.4. The maximum Gasteiger partial charge on any atom is 0.669 e. The molecule has 0 saturated heterocycles. The summed E-state index contributed by atoms with van der Waals surface area (Å²) in [6, 6.07) is 0. The Morgan fingerprint density at radius 3 is 0.792 bits per heavy atom. The van der Waals surface area contributed by atoms with Crippen LogP contribution in [0.3, 0.4) is 0 Å². The van der Waals surface area contributed by atoms with E-state index in [0.717, 1.165) is 0 Å². The Hall–Kier alpha value is 0.210. The van der Waals surface area contributed by atoms with Crippen LogP contribution in [0.2, 0.25) is 0 Å². The number of rotatable bonds is 4. The average molecular weight is 396 g/mol. The molecule has 0 heterocycles. The molecule has 0 fully saturated rings. The summed E-state index contributed by atoms with van der Waals surface area (Å²) in [4.78, 5) is 0. The van der Waals surface area contributed by atoms with Gasteiger partial charge in [-0.3, -0.25) is 0 Å². The second kappa shape index (κ2) is 7.45. The SMILES string of the molecule is CC([O][Al][O]C(C)(C(F)(F)F)C(F)(F)F)(C(F)(F)F)C(F)(F)F.[Li]. The van der Waals surface area contributed by atoms with Gasteiger partial charge in [-0.25, -0.2) is 0 Å². The van der Waals surface area contributed by atoms with Crippen LogP contribution in [-0.2, 0) is 7.58 Å². The topological polar surface area (TPSA) is 18.5 Å². The van der Waals surface area contributed by atoms with E-state index >= 15 is 0 Å². The smallest absolute Gasteiger partial charge is 0.466 e. The molecule has 0 saturated carbocycles. The molecule has 0 aliphatic heterocycles. The van der Waals surface area contributed by atoms with Gasteiger partial charge in [0.2, 0.25) is 11.2 Å². The van der Waals surface area contributed by atoms with E-state index in [1.165, 1.54) is 0 Å². The van der Waals surface area contributed by atoms with Crippen molar-refractivity contribution in [3.63, 3.8) is 0 Å². The molecule has 0 aliphatic carbocycles. The monoisotopic (exact) mass is 396 g/mol. The van der Waals surface area contributed by atoms with E-state index in [-0.39, 0.29) is 18.9 Å². The molecule has 0 amide bonds. The minimum Gasteiger partial charge on any atom is -0.466 e. The van der Waals surface area contributed by atoms with Crippen molar-refractivity contribution in [1.82, 2.24) is 0 Å². The molecule has 2 nitrogen and oxygen atoms in total. The van der Waals surface area contributed by atoms with Crippen molar-refractivity contribution < 1.29 is 60.3 Å². The summed E-state index contributed by atoms with van der Waals surface area (Å²) in [5.74, 6) is 0. The Morgan fingerprint density at radius 1 is 0.500 bits per heavy atom.